The van der Waals surface area contributed by atoms with E-state index < -0.39 is 49.5 Å². The normalized spacial score (nSPS) is 18.8. The van der Waals surface area contributed by atoms with Crippen LogP contribution in [0.2, 0.25) is 0 Å². The molecule has 0 saturated carbocycles. The van der Waals surface area contributed by atoms with E-state index >= 15 is 0 Å². The Morgan fingerprint density at radius 2 is 0.867 bits per heavy atom. The summed E-state index contributed by atoms with van der Waals surface area (Å²) in [6.07, 6.45) is 55.7. The van der Waals surface area contributed by atoms with E-state index in [1.54, 1.807) is 6.08 Å². The Kier molecular flexibility index (Phi) is 51.3. The molecule has 0 aromatic rings. The summed E-state index contributed by atoms with van der Waals surface area (Å²) in [6, 6.07) is -0.825. The fourth-order valence-corrected chi connectivity index (χ4v) is 10.2. The van der Waals surface area contributed by atoms with Crippen LogP contribution in [-0.4, -0.2) is 100 Å². The summed E-state index contributed by atoms with van der Waals surface area (Å²) in [5.74, 6) is -0.186. The smallest absolute Gasteiger partial charge is 0.305 e. The number of aliphatic hydroxyl groups excluding tert-OH is 5. The Morgan fingerprint density at radius 3 is 1.32 bits per heavy atom. The van der Waals surface area contributed by atoms with Crippen LogP contribution in [-0.2, 0) is 23.8 Å². The van der Waals surface area contributed by atoms with Gasteiger partial charge in [0.2, 0.25) is 5.91 Å². The first-order chi connectivity index (χ1) is 36.7. The van der Waals surface area contributed by atoms with Crippen LogP contribution >= 0.6 is 0 Å². The van der Waals surface area contributed by atoms with Crippen molar-refractivity contribution in [3.63, 3.8) is 0 Å². The quantitative estimate of drug-likeness (QED) is 0.0195. The molecule has 11 heteroatoms. The van der Waals surface area contributed by atoms with Gasteiger partial charge in [-0.15, -0.1) is 0 Å². The van der Waals surface area contributed by atoms with Crippen molar-refractivity contribution in [2.45, 2.75) is 352 Å². The number of ether oxygens (including phenoxy) is 3. The Morgan fingerprint density at radius 1 is 0.480 bits per heavy atom. The summed E-state index contributed by atoms with van der Waals surface area (Å²) in [6.45, 7) is 4.33. The summed E-state index contributed by atoms with van der Waals surface area (Å²) in [5, 5.41) is 54.4. The molecule has 7 atom stereocenters. The molecular weight excluding hydrogens is 943 g/mol. The molecule has 1 aliphatic heterocycles. The highest BCUT2D eigenvalue weighted by Gasteiger charge is 2.44. The molecule has 0 aromatic heterocycles. The third-order valence-corrected chi connectivity index (χ3v) is 15.3. The second kappa shape index (κ2) is 54.1. The zero-order chi connectivity index (χ0) is 54.5. The molecule has 7 unspecified atom stereocenters. The van der Waals surface area contributed by atoms with Gasteiger partial charge in [-0.1, -0.05) is 276 Å². The molecule has 1 saturated heterocycles. The molecular formula is C64H121NO10. The lowest BCUT2D eigenvalue weighted by molar-refractivity contribution is -0.302. The minimum Gasteiger partial charge on any atom is -0.466 e. The van der Waals surface area contributed by atoms with Gasteiger partial charge in [0.1, 0.15) is 24.4 Å². The van der Waals surface area contributed by atoms with Crippen molar-refractivity contribution in [3.8, 4) is 0 Å². The lowest BCUT2D eigenvalue weighted by Crippen LogP contribution is -2.60. The zero-order valence-corrected chi connectivity index (χ0v) is 48.8. The number of unbranched alkanes of at least 4 members (excludes halogenated alkanes) is 40. The first-order valence-corrected chi connectivity index (χ1v) is 32.1. The van der Waals surface area contributed by atoms with Gasteiger partial charge in [-0.05, 0) is 44.9 Å². The van der Waals surface area contributed by atoms with Gasteiger partial charge >= 0.3 is 5.97 Å². The van der Waals surface area contributed by atoms with E-state index in [9.17, 15) is 35.1 Å². The molecule has 1 amide bonds. The van der Waals surface area contributed by atoms with E-state index in [1.807, 2.05) is 6.08 Å². The van der Waals surface area contributed by atoms with Crippen molar-refractivity contribution in [2.75, 3.05) is 19.8 Å². The van der Waals surface area contributed by atoms with Gasteiger partial charge in [-0.2, -0.15) is 0 Å². The third-order valence-electron chi connectivity index (χ3n) is 15.3. The molecule has 0 aliphatic carbocycles. The van der Waals surface area contributed by atoms with Crippen LogP contribution in [0.1, 0.15) is 309 Å². The predicted molar refractivity (Wildman–Crippen MR) is 311 cm³/mol. The molecule has 1 heterocycles. The number of hydrogen-bond donors (Lipinski definition) is 6. The molecule has 0 spiro atoms. The lowest BCUT2D eigenvalue weighted by atomic mass is 9.99. The number of nitrogens with one attached hydrogen (secondary N) is 1. The molecule has 0 radical (unpaired) electrons. The second-order valence-corrected chi connectivity index (χ2v) is 22.5. The average Bonchev–Trinajstić information content (AvgIpc) is 3.41. The number of carbonyl (C=O) groups excluding carboxylic acids is 2. The fourth-order valence-electron chi connectivity index (χ4n) is 10.2. The van der Waals surface area contributed by atoms with Gasteiger partial charge in [0.25, 0.3) is 0 Å². The van der Waals surface area contributed by atoms with Crippen LogP contribution in [0, 0.1) is 0 Å². The van der Waals surface area contributed by atoms with Crippen LogP contribution in [0.4, 0.5) is 0 Å². The number of hydrogen-bond acceptors (Lipinski definition) is 10. The highest BCUT2D eigenvalue weighted by atomic mass is 16.7. The predicted octanol–water partition coefficient (Wildman–Crippen LogP) is 15.3. The Labute approximate surface area is 461 Å². The molecule has 1 fully saturated rings. The standard InChI is InChI=1S/C64H121NO10/c1-3-5-7-9-11-13-15-31-34-38-42-46-50-57(67)56(55-74-64-63(72)62(71)61(70)58(54-66)75-64)65-59(68)51-47-43-39-35-32-28-26-24-22-20-18-16-17-19-21-23-25-27-29-33-37-41-45-49-53-73-60(69)52-48-44-40-36-30-14-12-10-8-6-4-2/h31,34,46,50,56-58,61-64,66-67,70-72H,3-30,32-33,35-45,47-49,51-55H2,1-2H3,(H,65,68)/b34-31+,50-46+. The first kappa shape index (κ1) is 71.2. The first-order valence-electron chi connectivity index (χ1n) is 32.1. The number of rotatable bonds is 56. The molecule has 442 valence electrons. The Bertz CT molecular complexity index is 1300. The summed E-state index contributed by atoms with van der Waals surface area (Å²) < 4.78 is 16.7. The van der Waals surface area contributed by atoms with Crippen LogP contribution in [0.5, 0.6) is 0 Å². The summed E-state index contributed by atoms with van der Waals surface area (Å²) in [5.41, 5.74) is 0. The maximum Gasteiger partial charge on any atom is 0.305 e. The Balaban J connectivity index is 2.02. The average molecular weight is 1060 g/mol. The van der Waals surface area contributed by atoms with Crippen LogP contribution in [0.15, 0.2) is 24.3 Å². The topological polar surface area (TPSA) is 175 Å². The minimum atomic E-state index is -1.58. The number of amides is 1. The number of esters is 1. The van der Waals surface area contributed by atoms with Gasteiger partial charge in [-0.25, -0.2) is 0 Å². The van der Waals surface area contributed by atoms with Gasteiger partial charge in [-0.3, -0.25) is 9.59 Å². The Hall–Kier alpha value is -1.86. The summed E-state index contributed by atoms with van der Waals surface area (Å²) >= 11 is 0. The van der Waals surface area contributed by atoms with E-state index in [2.05, 4.69) is 31.3 Å². The maximum absolute atomic E-state index is 13.0. The molecule has 6 N–H and O–H groups in total. The molecule has 11 nitrogen and oxygen atoms in total. The molecule has 0 bridgehead atoms. The largest absolute Gasteiger partial charge is 0.466 e. The van der Waals surface area contributed by atoms with E-state index in [4.69, 9.17) is 14.2 Å². The zero-order valence-electron chi connectivity index (χ0n) is 48.8. The molecule has 1 aliphatic rings. The lowest BCUT2D eigenvalue weighted by Gasteiger charge is -2.40. The van der Waals surface area contributed by atoms with E-state index in [-0.39, 0.29) is 18.5 Å². The number of carbonyl (C=O) groups is 2. The molecule has 75 heavy (non-hydrogen) atoms. The maximum atomic E-state index is 13.0. The minimum absolute atomic E-state index is 0.00388. The van der Waals surface area contributed by atoms with Gasteiger partial charge < -0.3 is 45.1 Å². The van der Waals surface area contributed by atoms with E-state index in [0.717, 1.165) is 57.8 Å². The van der Waals surface area contributed by atoms with E-state index in [0.29, 0.717) is 19.4 Å². The van der Waals surface area contributed by atoms with Crippen LogP contribution in [0.3, 0.4) is 0 Å². The SMILES string of the molecule is CCCCCCCC/C=C/CC/C=C/C(O)C(COC1OC(CO)C(O)C(O)C1O)NC(=O)CCCCCCCCCCCCCCCCCCCCCCCCCCOC(=O)CCCCCCCCCCCCC. The van der Waals surface area contributed by atoms with Crippen molar-refractivity contribution in [3.05, 3.63) is 24.3 Å². The van der Waals surface area contributed by atoms with Gasteiger partial charge in [0, 0.05) is 12.8 Å². The highest BCUT2D eigenvalue weighted by molar-refractivity contribution is 5.76. The highest BCUT2D eigenvalue weighted by Crippen LogP contribution is 2.23. The van der Waals surface area contributed by atoms with Crippen molar-refractivity contribution in [1.29, 1.82) is 0 Å². The van der Waals surface area contributed by atoms with Crippen molar-refractivity contribution >= 4 is 11.9 Å². The van der Waals surface area contributed by atoms with Gasteiger partial charge in [0.15, 0.2) is 6.29 Å². The van der Waals surface area contributed by atoms with Crippen LogP contribution in [0.25, 0.3) is 0 Å². The third kappa shape index (κ3) is 43.7. The molecule has 0 aromatic carbocycles. The monoisotopic (exact) mass is 1060 g/mol. The summed E-state index contributed by atoms with van der Waals surface area (Å²) in [7, 11) is 0. The van der Waals surface area contributed by atoms with E-state index in [1.165, 1.54) is 225 Å². The van der Waals surface area contributed by atoms with Crippen molar-refractivity contribution in [2.24, 2.45) is 0 Å². The number of aliphatic hydroxyl groups is 5. The number of allylic oxidation sites excluding steroid dienone is 3. The van der Waals surface area contributed by atoms with Crippen LogP contribution < -0.4 is 5.32 Å². The van der Waals surface area contributed by atoms with Crippen molar-refractivity contribution < 1.29 is 49.3 Å². The summed E-state index contributed by atoms with van der Waals surface area (Å²) in [4.78, 5) is 25.1. The molecule has 1 rings (SSSR count). The van der Waals surface area contributed by atoms with Crippen molar-refractivity contribution in [1.82, 2.24) is 5.32 Å². The second-order valence-electron chi connectivity index (χ2n) is 22.5. The van der Waals surface area contributed by atoms with Gasteiger partial charge in [0.05, 0.1) is 32.0 Å². The fraction of sp³-hybridized carbons (Fsp3) is 0.906.